The molecule has 1 fully saturated rings. The Morgan fingerprint density at radius 1 is 1.40 bits per heavy atom. The average molecular weight is 296 g/mol. The van der Waals surface area contributed by atoms with E-state index in [4.69, 9.17) is 10.5 Å². The lowest BCUT2D eigenvalue weighted by molar-refractivity contribution is -0.120. The number of carbonyl (C=O) groups is 1. The maximum Gasteiger partial charge on any atom is 0.224 e. The minimum atomic E-state index is 0.0899. The summed E-state index contributed by atoms with van der Waals surface area (Å²) >= 11 is 1.62. The van der Waals surface area contributed by atoms with E-state index in [-0.39, 0.29) is 5.91 Å². The van der Waals surface area contributed by atoms with Crippen LogP contribution in [0.5, 0.6) is 0 Å². The van der Waals surface area contributed by atoms with Crippen molar-refractivity contribution in [2.24, 2.45) is 5.73 Å². The molecule has 1 saturated carbocycles. The molecule has 0 bridgehead atoms. The van der Waals surface area contributed by atoms with Crippen molar-refractivity contribution in [1.29, 1.82) is 0 Å². The summed E-state index contributed by atoms with van der Waals surface area (Å²) in [6, 6.07) is 2.35. The van der Waals surface area contributed by atoms with Gasteiger partial charge in [-0.3, -0.25) is 4.79 Å². The van der Waals surface area contributed by atoms with Crippen LogP contribution in [0.3, 0.4) is 0 Å². The molecule has 0 radical (unpaired) electrons. The SMILES string of the molecule is NC1CCC(OCCCNC(=O)Cc2ccsc2)CC1. The number of amides is 1. The third-order valence-corrected chi connectivity index (χ3v) is 4.39. The van der Waals surface area contributed by atoms with Crippen LogP contribution >= 0.6 is 11.3 Å². The van der Waals surface area contributed by atoms with Crippen molar-refractivity contribution < 1.29 is 9.53 Å². The number of hydrogen-bond acceptors (Lipinski definition) is 4. The maximum atomic E-state index is 11.7. The molecular formula is C15H24N2O2S. The van der Waals surface area contributed by atoms with E-state index in [0.29, 0.717) is 25.1 Å². The number of rotatable bonds is 7. The van der Waals surface area contributed by atoms with Gasteiger partial charge in [-0.1, -0.05) is 0 Å². The molecule has 0 unspecified atom stereocenters. The number of nitrogens with one attached hydrogen (secondary N) is 1. The van der Waals surface area contributed by atoms with E-state index in [1.165, 1.54) is 0 Å². The van der Waals surface area contributed by atoms with Crippen LogP contribution in [-0.4, -0.2) is 31.2 Å². The Labute approximate surface area is 124 Å². The molecule has 5 heteroatoms. The predicted octanol–water partition coefficient (Wildman–Crippen LogP) is 2.08. The van der Waals surface area contributed by atoms with E-state index in [2.05, 4.69) is 5.32 Å². The van der Waals surface area contributed by atoms with Crippen molar-refractivity contribution in [3.05, 3.63) is 22.4 Å². The highest BCUT2D eigenvalue weighted by Gasteiger charge is 2.18. The topological polar surface area (TPSA) is 64.3 Å². The first-order valence-corrected chi connectivity index (χ1v) is 8.33. The summed E-state index contributed by atoms with van der Waals surface area (Å²) < 4.78 is 5.81. The van der Waals surface area contributed by atoms with Crippen LogP contribution in [-0.2, 0) is 16.0 Å². The number of ether oxygens (including phenoxy) is 1. The Morgan fingerprint density at radius 2 is 2.20 bits per heavy atom. The molecule has 20 heavy (non-hydrogen) atoms. The molecule has 0 aromatic carbocycles. The highest BCUT2D eigenvalue weighted by Crippen LogP contribution is 2.19. The molecule has 1 aliphatic carbocycles. The van der Waals surface area contributed by atoms with Crippen LogP contribution in [0.1, 0.15) is 37.7 Å². The Kier molecular flexibility index (Phi) is 6.50. The van der Waals surface area contributed by atoms with Crippen LogP contribution < -0.4 is 11.1 Å². The highest BCUT2D eigenvalue weighted by atomic mass is 32.1. The molecule has 4 nitrogen and oxygen atoms in total. The van der Waals surface area contributed by atoms with Gasteiger partial charge in [0.1, 0.15) is 0 Å². The standard InChI is InChI=1S/C15H24N2O2S/c16-13-2-4-14(5-3-13)19-8-1-7-17-15(18)10-12-6-9-20-11-12/h6,9,11,13-14H,1-5,7-8,10,16H2,(H,17,18). The van der Waals surface area contributed by atoms with E-state index >= 15 is 0 Å². The first-order valence-electron chi connectivity index (χ1n) is 7.39. The summed E-state index contributed by atoms with van der Waals surface area (Å²) in [6.45, 7) is 1.41. The fourth-order valence-electron chi connectivity index (χ4n) is 2.45. The summed E-state index contributed by atoms with van der Waals surface area (Å²) in [4.78, 5) is 11.7. The zero-order valence-electron chi connectivity index (χ0n) is 11.8. The van der Waals surface area contributed by atoms with E-state index < -0.39 is 0 Å². The van der Waals surface area contributed by atoms with Crippen LogP contribution in [0.4, 0.5) is 0 Å². The second-order valence-electron chi connectivity index (χ2n) is 5.42. The zero-order chi connectivity index (χ0) is 14.2. The van der Waals surface area contributed by atoms with Crippen molar-refractivity contribution in [3.63, 3.8) is 0 Å². The van der Waals surface area contributed by atoms with E-state index in [9.17, 15) is 4.79 Å². The molecule has 1 aromatic heterocycles. The van der Waals surface area contributed by atoms with Gasteiger partial charge in [-0.05, 0) is 54.5 Å². The van der Waals surface area contributed by atoms with Gasteiger partial charge >= 0.3 is 0 Å². The van der Waals surface area contributed by atoms with Gasteiger partial charge in [-0.2, -0.15) is 11.3 Å². The lowest BCUT2D eigenvalue weighted by atomic mass is 9.94. The van der Waals surface area contributed by atoms with Crippen molar-refractivity contribution in [3.8, 4) is 0 Å². The number of hydrogen-bond donors (Lipinski definition) is 2. The molecule has 0 aliphatic heterocycles. The molecule has 0 spiro atoms. The van der Waals surface area contributed by atoms with Gasteiger partial charge in [0.05, 0.1) is 12.5 Å². The van der Waals surface area contributed by atoms with Crippen LogP contribution in [0.15, 0.2) is 16.8 Å². The first kappa shape index (κ1) is 15.5. The van der Waals surface area contributed by atoms with Gasteiger partial charge in [0.15, 0.2) is 0 Å². The second kappa shape index (κ2) is 8.39. The van der Waals surface area contributed by atoms with Crippen molar-refractivity contribution >= 4 is 17.2 Å². The Morgan fingerprint density at radius 3 is 2.90 bits per heavy atom. The molecule has 1 aliphatic rings. The van der Waals surface area contributed by atoms with Crippen LogP contribution in [0.2, 0.25) is 0 Å². The monoisotopic (exact) mass is 296 g/mol. The first-order chi connectivity index (χ1) is 9.74. The smallest absolute Gasteiger partial charge is 0.224 e. The number of nitrogens with two attached hydrogens (primary N) is 1. The molecule has 0 saturated heterocycles. The van der Waals surface area contributed by atoms with Crippen LogP contribution in [0.25, 0.3) is 0 Å². The van der Waals surface area contributed by atoms with E-state index in [1.54, 1.807) is 11.3 Å². The van der Waals surface area contributed by atoms with Gasteiger partial charge in [-0.15, -0.1) is 0 Å². The van der Waals surface area contributed by atoms with Gasteiger partial charge < -0.3 is 15.8 Å². The summed E-state index contributed by atoms with van der Waals surface area (Å²) in [5, 5.41) is 6.93. The Balaban J connectivity index is 1.48. The number of thiophene rings is 1. The molecule has 112 valence electrons. The van der Waals surface area contributed by atoms with E-state index in [1.807, 2.05) is 16.8 Å². The molecule has 2 rings (SSSR count). The summed E-state index contributed by atoms with van der Waals surface area (Å²) in [5.41, 5.74) is 6.95. The summed E-state index contributed by atoms with van der Waals surface area (Å²) in [6.07, 6.45) is 6.01. The van der Waals surface area contributed by atoms with Gasteiger partial charge in [0.2, 0.25) is 5.91 Å². The Bertz CT molecular complexity index is 387. The third kappa shape index (κ3) is 5.61. The van der Waals surface area contributed by atoms with Crippen molar-refractivity contribution in [2.45, 2.75) is 50.7 Å². The zero-order valence-corrected chi connectivity index (χ0v) is 12.7. The third-order valence-electron chi connectivity index (χ3n) is 3.66. The number of carbonyl (C=O) groups excluding carboxylic acids is 1. The largest absolute Gasteiger partial charge is 0.378 e. The molecule has 1 amide bonds. The Hall–Kier alpha value is -0.910. The fourth-order valence-corrected chi connectivity index (χ4v) is 3.12. The minimum absolute atomic E-state index is 0.0899. The van der Waals surface area contributed by atoms with Crippen molar-refractivity contribution in [1.82, 2.24) is 5.32 Å². The molecular weight excluding hydrogens is 272 g/mol. The van der Waals surface area contributed by atoms with E-state index in [0.717, 1.165) is 44.3 Å². The molecule has 1 aromatic rings. The molecule has 1 heterocycles. The summed E-state index contributed by atoms with van der Waals surface area (Å²) in [7, 11) is 0. The summed E-state index contributed by atoms with van der Waals surface area (Å²) in [5.74, 6) is 0.0899. The fraction of sp³-hybridized carbons (Fsp3) is 0.667. The average Bonchev–Trinajstić information content (AvgIpc) is 2.93. The lowest BCUT2D eigenvalue weighted by Gasteiger charge is -2.26. The highest BCUT2D eigenvalue weighted by molar-refractivity contribution is 7.07. The molecule has 3 N–H and O–H groups in total. The lowest BCUT2D eigenvalue weighted by Crippen LogP contribution is -2.31. The van der Waals surface area contributed by atoms with Gasteiger partial charge in [-0.25, -0.2) is 0 Å². The van der Waals surface area contributed by atoms with Gasteiger partial charge in [0, 0.05) is 19.2 Å². The van der Waals surface area contributed by atoms with Crippen molar-refractivity contribution in [2.75, 3.05) is 13.2 Å². The van der Waals surface area contributed by atoms with Crippen LogP contribution in [0, 0.1) is 0 Å². The normalized spacial score (nSPS) is 22.6. The maximum absolute atomic E-state index is 11.7. The quantitative estimate of drug-likeness (QED) is 0.757. The molecule has 0 atom stereocenters. The van der Waals surface area contributed by atoms with Gasteiger partial charge in [0.25, 0.3) is 0 Å². The second-order valence-corrected chi connectivity index (χ2v) is 6.20. The predicted molar refractivity (Wildman–Crippen MR) is 81.8 cm³/mol. The minimum Gasteiger partial charge on any atom is -0.378 e.